The van der Waals surface area contributed by atoms with Crippen LogP contribution in [0.4, 0.5) is 10.6 Å². The van der Waals surface area contributed by atoms with Crippen LogP contribution in [0.1, 0.15) is 45.4 Å². The zero-order chi connectivity index (χ0) is 17.4. The summed E-state index contributed by atoms with van der Waals surface area (Å²) in [5.74, 6) is 1.04. The van der Waals surface area contributed by atoms with Crippen LogP contribution in [0.15, 0.2) is 24.4 Å². The highest BCUT2D eigenvalue weighted by Crippen LogP contribution is 2.42. The summed E-state index contributed by atoms with van der Waals surface area (Å²) in [7, 11) is 0. The number of amides is 3. The van der Waals surface area contributed by atoms with Crippen molar-refractivity contribution < 1.29 is 9.59 Å². The molecule has 3 aliphatic rings. The molecule has 0 N–H and O–H groups in total. The molecule has 3 saturated heterocycles. The summed E-state index contributed by atoms with van der Waals surface area (Å²) < 4.78 is 0. The summed E-state index contributed by atoms with van der Waals surface area (Å²) in [4.78, 5) is 36.2. The van der Waals surface area contributed by atoms with Crippen molar-refractivity contribution in [2.45, 2.75) is 57.0 Å². The molecule has 6 heteroatoms. The fraction of sp³-hybridized carbons (Fsp3) is 0.632. The SMILES string of the molecule is CCC[C@]12CCCN1C(=O)N(C1CCN(c3ccccn3)CC1)C2=O. The summed E-state index contributed by atoms with van der Waals surface area (Å²) >= 11 is 0. The third kappa shape index (κ3) is 2.50. The summed E-state index contributed by atoms with van der Waals surface area (Å²) in [6.45, 7) is 4.49. The van der Waals surface area contributed by atoms with Gasteiger partial charge in [0.05, 0.1) is 0 Å². The first-order valence-corrected chi connectivity index (χ1v) is 9.48. The largest absolute Gasteiger partial charge is 0.356 e. The third-order valence-electron chi connectivity index (χ3n) is 6.01. The van der Waals surface area contributed by atoms with E-state index in [0.29, 0.717) is 0 Å². The highest BCUT2D eigenvalue weighted by atomic mass is 16.2. The van der Waals surface area contributed by atoms with Crippen LogP contribution in [0.3, 0.4) is 0 Å². The number of anilines is 1. The molecule has 3 amide bonds. The van der Waals surface area contributed by atoms with E-state index in [4.69, 9.17) is 0 Å². The van der Waals surface area contributed by atoms with Gasteiger partial charge < -0.3 is 9.80 Å². The maximum atomic E-state index is 13.2. The fourth-order valence-electron chi connectivity index (χ4n) is 4.82. The van der Waals surface area contributed by atoms with E-state index in [0.717, 1.165) is 64.0 Å². The maximum absolute atomic E-state index is 13.2. The zero-order valence-electron chi connectivity index (χ0n) is 14.9. The smallest absolute Gasteiger partial charge is 0.327 e. The minimum absolute atomic E-state index is 0.0271. The van der Waals surface area contributed by atoms with Gasteiger partial charge in [-0.25, -0.2) is 9.78 Å². The van der Waals surface area contributed by atoms with Crippen LogP contribution in [-0.4, -0.2) is 57.9 Å². The first-order valence-electron chi connectivity index (χ1n) is 9.48. The van der Waals surface area contributed by atoms with Gasteiger partial charge in [0.2, 0.25) is 0 Å². The molecule has 0 unspecified atom stereocenters. The molecule has 0 aromatic carbocycles. The normalized spacial score (nSPS) is 27.3. The van der Waals surface area contributed by atoms with E-state index < -0.39 is 5.54 Å². The van der Waals surface area contributed by atoms with E-state index in [1.807, 2.05) is 23.1 Å². The predicted octanol–water partition coefficient (Wildman–Crippen LogP) is 2.65. The van der Waals surface area contributed by atoms with Crippen molar-refractivity contribution in [3.8, 4) is 0 Å². The Balaban J connectivity index is 1.48. The Kier molecular flexibility index (Phi) is 4.13. The quantitative estimate of drug-likeness (QED) is 0.790. The van der Waals surface area contributed by atoms with Gasteiger partial charge in [0.1, 0.15) is 11.4 Å². The Morgan fingerprint density at radius 2 is 2.00 bits per heavy atom. The molecule has 25 heavy (non-hydrogen) atoms. The molecule has 0 bridgehead atoms. The second kappa shape index (κ2) is 6.32. The topological polar surface area (TPSA) is 56.8 Å². The molecule has 0 radical (unpaired) electrons. The first kappa shape index (κ1) is 16.4. The first-order chi connectivity index (χ1) is 12.2. The van der Waals surface area contributed by atoms with Gasteiger partial charge in [-0.3, -0.25) is 9.69 Å². The molecule has 3 aliphatic heterocycles. The van der Waals surface area contributed by atoms with E-state index in [-0.39, 0.29) is 18.0 Å². The molecule has 0 saturated carbocycles. The molecular formula is C19H26N4O2. The van der Waals surface area contributed by atoms with Crippen LogP contribution < -0.4 is 4.90 Å². The maximum Gasteiger partial charge on any atom is 0.327 e. The zero-order valence-corrected chi connectivity index (χ0v) is 14.9. The second-order valence-corrected chi connectivity index (χ2v) is 7.40. The van der Waals surface area contributed by atoms with Crippen molar-refractivity contribution in [2.75, 3.05) is 24.5 Å². The Bertz CT molecular complexity index is 657. The van der Waals surface area contributed by atoms with Crippen molar-refractivity contribution in [3.63, 3.8) is 0 Å². The molecular weight excluding hydrogens is 316 g/mol. The van der Waals surface area contributed by atoms with Crippen molar-refractivity contribution in [1.82, 2.24) is 14.8 Å². The number of hydrogen-bond donors (Lipinski definition) is 0. The fourth-order valence-corrected chi connectivity index (χ4v) is 4.82. The van der Waals surface area contributed by atoms with E-state index in [9.17, 15) is 9.59 Å². The summed E-state index contributed by atoms with van der Waals surface area (Å²) in [6.07, 6.45) is 6.95. The van der Waals surface area contributed by atoms with Crippen molar-refractivity contribution in [3.05, 3.63) is 24.4 Å². The number of imide groups is 1. The van der Waals surface area contributed by atoms with Crippen molar-refractivity contribution in [2.24, 2.45) is 0 Å². The molecule has 4 rings (SSSR count). The van der Waals surface area contributed by atoms with Crippen LogP contribution in [-0.2, 0) is 4.79 Å². The number of piperidine rings is 1. The lowest BCUT2D eigenvalue weighted by atomic mass is 9.90. The van der Waals surface area contributed by atoms with Crippen molar-refractivity contribution in [1.29, 1.82) is 0 Å². The number of urea groups is 1. The number of carbonyl (C=O) groups is 2. The van der Waals surface area contributed by atoms with Gasteiger partial charge >= 0.3 is 6.03 Å². The number of nitrogens with zero attached hydrogens (tertiary/aromatic N) is 4. The Morgan fingerprint density at radius 3 is 2.68 bits per heavy atom. The minimum Gasteiger partial charge on any atom is -0.356 e. The molecule has 0 aliphatic carbocycles. The number of rotatable bonds is 4. The van der Waals surface area contributed by atoms with Crippen LogP contribution in [0, 0.1) is 0 Å². The summed E-state index contributed by atoms with van der Waals surface area (Å²) in [6, 6.07) is 5.90. The molecule has 6 nitrogen and oxygen atoms in total. The summed E-state index contributed by atoms with van der Waals surface area (Å²) in [5, 5.41) is 0. The average Bonchev–Trinajstić information content (AvgIpc) is 3.15. The molecule has 4 heterocycles. The Morgan fingerprint density at radius 1 is 1.20 bits per heavy atom. The van der Waals surface area contributed by atoms with Crippen molar-refractivity contribution >= 4 is 17.8 Å². The van der Waals surface area contributed by atoms with E-state index in [2.05, 4.69) is 16.8 Å². The van der Waals surface area contributed by atoms with Gasteiger partial charge in [-0.2, -0.15) is 0 Å². The van der Waals surface area contributed by atoms with E-state index in [1.54, 1.807) is 11.1 Å². The predicted molar refractivity (Wildman–Crippen MR) is 95.3 cm³/mol. The van der Waals surface area contributed by atoms with Crippen LogP contribution in [0.25, 0.3) is 0 Å². The van der Waals surface area contributed by atoms with Crippen LogP contribution in [0.5, 0.6) is 0 Å². The number of carbonyl (C=O) groups excluding carboxylic acids is 2. The Hall–Kier alpha value is -2.11. The molecule has 0 spiro atoms. The Labute approximate surface area is 148 Å². The lowest BCUT2D eigenvalue weighted by Crippen LogP contribution is -2.49. The van der Waals surface area contributed by atoms with Crippen LogP contribution >= 0.6 is 0 Å². The molecule has 1 aromatic heterocycles. The molecule has 1 atom stereocenters. The second-order valence-electron chi connectivity index (χ2n) is 7.40. The lowest BCUT2D eigenvalue weighted by molar-refractivity contribution is -0.134. The van der Waals surface area contributed by atoms with Gasteiger partial charge in [-0.1, -0.05) is 19.4 Å². The van der Waals surface area contributed by atoms with Crippen LogP contribution in [0.2, 0.25) is 0 Å². The molecule has 3 fully saturated rings. The van der Waals surface area contributed by atoms with Gasteiger partial charge in [0, 0.05) is 31.9 Å². The lowest BCUT2D eigenvalue weighted by Gasteiger charge is -2.36. The number of aromatic nitrogens is 1. The van der Waals surface area contributed by atoms with Gasteiger partial charge in [-0.15, -0.1) is 0 Å². The number of hydrogen-bond acceptors (Lipinski definition) is 4. The number of fused-ring (bicyclic) bond motifs is 1. The van der Waals surface area contributed by atoms with E-state index >= 15 is 0 Å². The minimum atomic E-state index is -0.538. The van der Waals surface area contributed by atoms with Gasteiger partial charge in [-0.05, 0) is 44.2 Å². The highest BCUT2D eigenvalue weighted by Gasteiger charge is 2.60. The molecule has 1 aromatic rings. The van der Waals surface area contributed by atoms with Gasteiger partial charge in [0.25, 0.3) is 5.91 Å². The highest BCUT2D eigenvalue weighted by molar-refractivity contribution is 6.07. The molecule has 134 valence electrons. The number of pyridine rings is 1. The monoisotopic (exact) mass is 342 g/mol. The van der Waals surface area contributed by atoms with Gasteiger partial charge in [0.15, 0.2) is 0 Å². The third-order valence-corrected chi connectivity index (χ3v) is 6.01. The standard InChI is InChI=1S/C19H26N4O2/c1-2-9-19-10-5-12-22(19)18(25)23(17(19)24)15-7-13-21(14-8-15)16-6-3-4-11-20-16/h3-4,6,11,15H,2,5,7-10,12-14H2,1H3/t19-/m1/s1. The summed E-state index contributed by atoms with van der Waals surface area (Å²) in [5.41, 5.74) is -0.538. The van der Waals surface area contributed by atoms with E-state index in [1.165, 1.54) is 0 Å². The average molecular weight is 342 g/mol.